The second kappa shape index (κ2) is 7.58. The van der Waals surface area contributed by atoms with E-state index in [4.69, 9.17) is 5.73 Å². The highest BCUT2D eigenvalue weighted by Gasteiger charge is 2.08. The summed E-state index contributed by atoms with van der Waals surface area (Å²) in [5, 5.41) is 0. The third-order valence-electron chi connectivity index (χ3n) is 3.99. The van der Waals surface area contributed by atoms with E-state index in [1.54, 1.807) is 18.2 Å². The number of rotatable bonds is 7. The molecule has 4 N–H and O–H groups in total. The fourth-order valence-electron chi connectivity index (χ4n) is 2.47. The first-order valence-corrected chi connectivity index (χ1v) is 7.64. The first-order valence-electron chi connectivity index (χ1n) is 7.64. The lowest BCUT2D eigenvalue weighted by Gasteiger charge is -2.12. The van der Waals surface area contributed by atoms with Crippen molar-refractivity contribution >= 4 is 12.1 Å². The molecule has 1 unspecified atom stereocenters. The van der Waals surface area contributed by atoms with E-state index >= 15 is 0 Å². The van der Waals surface area contributed by atoms with Crippen molar-refractivity contribution < 1.29 is 4.79 Å². The molecule has 0 aliphatic heterocycles. The van der Waals surface area contributed by atoms with Crippen molar-refractivity contribution in [1.29, 1.82) is 0 Å². The normalized spacial score (nSPS) is 12.0. The summed E-state index contributed by atoms with van der Waals surface area (Å²) >= 11 is 0. The summed E-state index contributed by atoms with van der Waals surface area (Å²) in [6.07, 6.45) is 3.86. The lowest BCUT2D eigenvalue weighted by Crippen LogP contribution is -2.15. The largest absolute Gasteiger partial charge is 0.385 e. The Kier molecular flexibility index (Phi) is 5.51. The zero-order valence-electron chi connectivity index (χ0n) is 13.1. The van der Waals surface area contributed by atoms with Crippen LogP contribution in [0.3, 0.4) is 0 Å². The van der Waals surface area contributed by atoms with Gasteiger partial charge in [-0.15, -0.1) is 0 Å². The zero-order chi connectivity index (χ0) is 16.8. The molecule has 2 heterocycles. The number of hydrogen-bond donors (Lipinski definition) is 3. The molecule has 0 aromatic carbocycles. The predicted octanol–water partition coefficient (Wildman–Crippen LogP) is 1.66. The predicted molar refractivity (Wildman–Crippen MR) is 89.7 cm³/mol. The Bertz CT molecular complexity index is 792. The molecule has 122 valence electrons. The second-order valence-corrected chi connectivity index (χ2v) is 5.83. The van der Waals surface area contributed by atoms with Crippen molar-refractivity contribution in [3.05, 3.63) is 61.8 Å². The van der Waals surface area contributed by atoms with E-state index in [0.717, 1.165) is 24.8 Å². The Morgan fingerprint density at radius 2 is 1.70 bits per heavy atom. The van der Waals surface area contributed by atoms with Crippen molar-refractivity contribution in [2.24, 2.45) is 5.92 Å². The van der Waals surface area contributed by atoms with Crippen molar-refractivity contribution in [3.8, 4) is 0 Å². The van der Waals surface area contributed by atoms with E-state index in [0.29, 0.717) is 35.7 Å². The molecule has 0 saturated carbocycles. The van der Waals surface area contributed by atoms with Gasteiger partial charge in [-0.3, -0.25) is 14.4 Å². The Hall–Kier alpha value is -2.63. The molecule has 0 amide bonds. The molecule has 6 heteroatoms. The highest BCUT2D eigenvalue weighted by Crippen LogP contribution is 2.16. The van der Waals surface area contributed by atoms with Gasteiger partial charge >= 0.3 is 0 Å². The van der Waals surface area contributed by atoms with Crippen molar-refractivity contribution in [3.63, 3.8) is 0 Å². The van der Waals surface area contributed by atoms with Gasteiger partial charge in [-0.25, -0.2) is 0 Å². The number of carbonyl (C=O) groups excluding carboxylic acids is 1. The van der Waals surface area contributed by atoms with Gasteiger partial charge in [0.15, 0.2) is 6.29 Å². The first-order chi connectivity index (χ1) is 11.0. The number of aromatic amines is 2. The van der Waals surface area contributed by atoms with Crippen molar-refractivity contribution in [2.45, 2.75) is 32.6 Å². The molecule has 0 radical (unpaired) electrons. The minimum atomic E-state index is -0.202. The molecule has 0 aliphatic rings. The van der Waals surface area contributed by atoms with Crippen LogP contribution in [0, 0.1) is 5.92 Å². The van der Waals surface area contributed by atoms with Crippen LogP contribution >= 0.6 is 0 Å². The van der Waals surface area contributed by atoms with Crippen LogP contribution in [-0.4, -0.2) is 16.3 Å². The van der Waals surface area contributed by atoms with Crippen LogP contribution < -0.4 is 16.9 Å². The fraction of sp³-hybridized carbons (Fsp3) is 0.353. The first kappa shape index (κ1) is 16.7. The topological polar surface area (TPSA) is 109 Å². The molecular formula is C17H21N3O3. The molecule has 0 saturated heterocycles. The van der Waals surface area contributed by atoms with E-state index in [2.05, 4.69) is 16.9 Å². The van der Waals surface area contributed by atoms with Crippen molar-refractivity contribution in [1.82, 2.24) is 9.97 Å². The number of pyridine rings is 2. The average Bonchev–Trinajstić information content (AvgIpc) is 2.52. The lowest BCUT2D eigenvalue weighted by atomic mass is 9.95. The summed E-state index contributed by atoms with van der Waals surface area (Å²) in [6.45, 7) is 2.12. The minimum absolute atomic E-state index is 0.197. The Labute approximate surface area is 133 Å². The van der Waals surface area contributed by atoms with Crippen LogP contribution in [0.15, 0.2) is 33.9 Å². The number of aromatic nitrogens is 2. The Balaban J connectivity index is 1.87. The molecule has 1 atom stereocenters. The number of aldehydes is 1. The Morgan fingerprint density at radius 3 is 2.30 bits per heavy atom. The molecular weight excluding hydrogens is 294 g/mol. The monoisotopic (exact) mass is 315 g/mol. The number of H-pyrrole nitrogens is 2. The third-order valence-corrected chi connectivity index (χ3v) is 3.99. The van der Waals surface area contributed by atoms with Crippen LogP contribution in [0.4, 0.5) is 5.82 Å². The van der Waals surface area contributed by atoms with Gasteiger partial charge in [-0.1, -0.05) is 13.0 Å². The van der Waals surface area contributed by atoms with Gasteiger partial charge in [0, 0.05) is 11.6 Å². The smallest absolute Gasteiger partial charge is 0.251 e. The zero-order valence-corrected chi connectivity index (χ0v) is 13.1. The summed E-state index contributed by atoms with van der Waals surface area (Å²) in [5.74, 6) is 0.831. The maximum Gasteiger partial charge on any atom is 0.251 e. The van der Waals surface area contributed by atoms with Crippen molar-refractivity contribution in [2.75, 3.05) is 5.73 Å². The van der Waals surface area contributed by atoms with Gasteiger partial charge in [0.05, 0.1) is 5.69 Å². The van der Waals surface area contributed by atoms with Crippen LogP contribution in [0.25, 0.3) is 0 Å². The van der Waals surface area contributed by atoms with Crippen LogP contribution in [0.2, 0.25) is 0 Å². The summed E-state index contributed by atoms with van der Waals surface area (Å²) < 4.78 is 0. The number of hydrogen-bond acceptors (Lipinski definition) is 4. The number of nitrogens with one attached hydrogen (secondary N) is 2. The SMILES string of the molecule is CC(CCc1ccc(=O)[nH]c1N)CCc1ccc(C=O)[nH]c1=O. The minimum Gasteiger partial charge on any atom is -0.385 e. The van der Waals surface area contributed by atoms with E-state index in [-0.39, 0.29) is 11.1 Å². The molecule has 2 aromatic heterocycles. The molecule has 0 spiro atoms. The quantitative estimate of drug-likeness (QED) is 0.675. The number of nitrogens with two attached hydrogens (primary N) is 1. The summed E-state index contributed by atoms with van der Waals surface area (Å²) in [7, 11) is 0. The molecule has 0 fully saturated rings. The molecule has 6 nitrogen and oxygen atoms in total. The van der Waals surface area contributed by atoms with E-state index in [9.17, 15) is 14.4 Å². The molecule has 0 aliphatic carbocycles. The average molecular weight is 315 g/mol. The van der Waals surface area contributed by atoms with Crippen LogP contribution in [0.5, 0.6) is 0 Å². The number of anilines is 1. The highest BCUT2D eigenvalue weighted by atomic mass is 16.1. The van der Waals surface area contributed by atoms with Gasteiger partial charge in [-0.2, -0.15) is 0 Å². The van der Waals surface area contributed by atoms with Gasteiger partial charge in [0.2, 0.25) is 5.56 Å². The standard InChI is InChI=1S/C17H21N3O3/c1-11(2-4-12-7-9-15(22)20-16(12)18)3-5-13-6-8-14(10-21)19-17(13)23/h6-11H,2-5H2,1H3,(H,19,23)(H3,18,20,22). The highest BCUT2D eigenvalue weighted by molar-refractivity contribution is 5.71. The maximum atomic E-state index is 11.8. The summed E-state index contributed by atoms with van der Waals surface area (Å²) in [4.78, 5) is 38.7. The number of carbonyl (C=O) groups is 1. The molecule has 2 aromatic rings. The fourth-order valence-corrected chi connectivity index (χ4v) is 2.47. The Morgan fingerprint density at radius 1 is 1.04 bits per heavy atom. The molecule has 2 rings (SSSR count). The van der Waals surface area contributed by atoms with E-state index < -0.39 is 0 Å². The number of aryl methyl sites for hydroxylation is 2. The van der Waals surface area contributed by atoms with Gasteiger partial charge < -0.3 is 15.7 Å². The van der Waals surface area contributed by atoms with Gasteiger partial charge in [0.1, 0.15) is 5.82 Å². The summed E-state index contributed by atoms with van der Waals surface area (Å²) in [6, 6.07) is 6.55. The van der Waals surface area contributed by atoms with Crippen LogP contribution in [-0.2, 0) is 12.8 Å². The summed E-state index contributed by atoms with van der Waals surface area (Å²) in [5.41, 5.74) is 7.30. The maximum absolute atomic E-state index is 11.8. The van der Waals surface area contributed by atoms with Gasteiger partial charge in [-0.05, 0) is 49.3 Å². The van der Waals surface area contributed by atoms with E-state index in [1.807, 2.05) is 0 Å². The van der Waals surface area contributed by atoms with E-state index in [1.165, 1.54) is 6.07 Å². The van der Waals surface area contributed by atoms with Gasteiger partial charge in [0.25, 0.3) is 5.56 Å². The third kappa shape index (κ3) is 4.67. The lowest BCUT2D eigenvalue weighted by molar-refractivity contribution is 0.111. The molecule has 23 heavy (non-hydrogen) atoms. The molecule has 0 bridgehead atoms. The van der Waals surface area contributed by atoms with Crippen LogP contribution in [0.1, 0.15) is 41.4 Å². The number of nitrogen functional groups attached to an aromatic ring is 1. The second-order valence-electron chi connectivity index (χ2n) is 5.83.